The second-order valence-electron chi connectivity index (χ2n) is 4.92. The van der Waals surface area contributed by atoms with Crippen molar-refractivity contribution in [3.63, 3.8) is 0 Å². The van der Waals surface area contributed by atoms with Crippen LogP contribution >= 0.6 is 11.8 Å². The number of hydrogen-bond acceptors (Lipinski definition) is 5. The van der Waals surface area contributed by atoms with Gasteiger partial charge in [-0.15, -0.1) is 11.8 Å². The molecular weight excluding hydrogens is 324 g/mol. The third kappa shape index (κ3) is 4.32. The lowest BCUT2D eigenvalue weighted by molar-refractivity contribution is 0.104. The zero-order chi connectivity index (χ0) is 17.5. The van der Waals surface area contributed by atoms with Crippen LogP contribution < -0.4 is 9.47 Å². The Morgan fingerprint density at radius 3 is 2.54 bits per heavy atom. The molecule has 0 aromatic heterocycles. The van der Waals surface area contributed by atoms with E-state index < -0.39 is 0 Å². The molecule has 2 aromatic carbocycles. The Labute approximate surface area is 146 Å². The first-order valence-electron chi connectivity index (χ1n) is 7.49. The fourth-order valence-corrected chi connectivity index (χ4v) is 2.61. The number of carbonyl (C=O) groups excluding carboxylic acids is 1. The zero-order valence-corrected chi connectivity index (χ0v) is 14.7. The Morgan fingerprint density at radius 2 is 1.96 bits per heavy atom. The van der Waals surface area contributed by atoms with E-state index in [2.05, 4.69) is 0 Å². The minimum absolute atomic E-state index is 0.123. The second kappa shape index (κ2) is 8.45. The Balaban J connectivity index is 2.26. The molecule has 0 amide bonds. The molecular formula is C19H20O4S. The molecule has 4 nitrogen and oxygen atoms in total. The first kappa shape index (κ1) is 17.9. The van der Waals surface area contributed by atoms with E-state index >= 15 is 0 Å². The monoisotopic (exact) mass is 344 g/mol. The fraction of sp³-hybridized carbons (Fsp3) is 0.211. The number of carbonyl (C=O) groups is 1. The molecule has 1 N–H and O–H groups in total. The van der Waals surface area contributed by atoms with Crippen LogP contribution in [0.15, 0.2) is 47.4 Å². The average molecular weight is 344 g/mol. The van der Waals surface area contributed by atoms with Gasteiger partial charge >= 0.3 is 0 Å². The van der Waals surface area contributed by atoms with Crippen LogP contribution in [0.3, 0.4) is 0 Å². The third-order valence-corrected chi connectivity index (χ3v) is 4.12. The van der Waals surface area contributed by atoms with E-state index in [1.165, 1.54) is 19.3 Å². The highest BCUT2D eigenvalue weighted by Gasteiger charge is 2.17. The number of methoxy groups -OCH3 is 1. The molecule has 0 saturated heterocycles. The molecule has 0 spiro atoms. The van der Waals surface area contributed by atoms with Crippen LogP contribution in [0.1, 0.15) is 22.8 Å². The normalized spacial score (nSPS) is 10.8. The topological polar surface area (TPSA) is 55.8 Å². The molecule has 0 atom stereocenters. The lowest BCUT2D eigenvalue weighted by atomic mass is 10.1. The molecule has 0 aliphatic carbocycles. The number of hydrogen-bond donors (Lipinski definition) is 1. The Bertz CT molecular complexity index is 736. The summed E-state index contributed by atoms with van der Waals surface area (Å²) in [7, 11) is 1.45. The van der Waals surface area contributed by atoms with Gasteiger partial charge in [0.15, 0.2) is 5.78 Å². The number of ether oxygens (including phenoxy) is 2. The van der Waals surface area contributed by atoms with Crippen molar-refractivity contribution in [2.75, 3.05) is 20.0 Å². The summed E-state index contributed by atoms with van der Waals surface area (Å²) in [6.45, 7) is 2.30. The average Bonchev–Trinajstić information content (AvgIpc) is 2.59. The van der Waals surface area contributed by atoms with Crippen molar-refractivity contribution in [1.29, 1.82) is 0 Å². The van der Waals surface area contributed by atoms with Gasteiger partial charge < -0.3 is 14.6 Å². The van der Waals surface area contributed by atoms with E-state index in [-0.39, 0.29) is 22.8 Å². The number of benzene rings is 2. The van der Waals surface area contributed by atoms with E-state index in [1.54, 1.807) is 23.9 Å². The van der Waals surface area contributed by atoms with Crippen LogP contribution in [0.5, 0.6) is 17.2 Å². The van der Waals surface area contributed by atoms with Crippen molar-refractivity contribution in [2.45, 2.75) is 11.8 Å². The molecule has 126 valence electrons. The predicted molar refractivity (Wildman–Crippen MR) is 97.4 cm³/mol. The number of ketones is 1. The number of aromatic hydroxyl groups is 1. The smallest absolute Gasteiger partial charge is 0.193 e. The highest BCUT2D eigenvalue weighted by Crippen LogP contribution is 2.34. The van der Waals surface area contributed by atoms with Gasteiger partial charge in [0.25, 0.3) is 0 Å². The van der Waals surface area contributed by atoms with Gasteiger partial charge in [-0.25, -0.2) is 0 Å². The van der Waals surface area contributed by atoms with Crippen LogP contribution in [0.4, 0.5) is 0 Å². The molecule has 5 heteroatoms. The molecule has 0 bridgehead atoms. The summed E-state index contributed by atoms with van der Waals surface area (Å²) in [5.74, 6) is 0.248. The minimum atomic E-state index is -0.332. The highest BCUT2D eigenvalue weighted by atomic mass is 32.2. The quantitative estimate of drug-likeness (QED) is 0.458. The van der Waals surface area contributed by atoms with E-state index in [0.717, 1.165) is 10.5 Å². The number of phenols is 1. The summed E-state index contributed by atoms with van der Waals surface area (Å²) in [6.07, 6.45) is 5.14. The number of allylic oxidation sites excluding steroid dienone is 1. The lowest BCUT2D eigenvalue weighted by Crippen LogP contribution is -2.01. The summed E-state index contributed by atoms with van der Waals surface area (Å²) >= 11 is 1.66. The maximum Gasteiger partial charge on any atom is 0.193 e. The summed E-state index contributed by atoms with van der Waals surface area (Å²) in [6, 6.07) is 10.9. The van der Waals surface area contributed by atoms with Gasteiger partial charge in [0.05, 0.1) is 13.7 Å². The van der Waals surface area contributed by atoms with Gasteiger partial charge in [0.1, 0.15) is 22.8 Å². The number of rotatable bonds is 7. The second-order valence-corrected chi connectivity index (χ2v) is 5.80. The molecule has 2 rings (SSSR count). The van der Waals surface area contributed by atoms with Crippen molar-refractivity contribution < 1.29 is 19.4 Å². The SMILES string of the molecule is CCOc1cc(O)c(C(=O)/C=C/c2ccc(SC)cc2)c(OC)c1. The van der Waals surface area contributed by atoms with Gasteiger partial charge in [-0.1, -0.05) is 18.2 Å². The summed E-state index contributed by atoms with van der Waals surface area (Å²) in [4.78, 5) is 13.6. The maximum absolute atomic E-state index is 12.4. The first-order valence-corrected chi connectivity index (χ1v) is 8.71. The first-order chi connectivity index (χ1) is 11.6. The molecule has 0 aliphatic rings. The highest BCUT2D eigenvalue weighted by molar-refractivity contribution is 7.98. The molecule has 0 unspecified atom stereocenters. The molecule has 0 heterocycles. The lowest BCUT2D eigenvalue weighted by Gasteiger charge is -2.11. The number of thioether (sulfide) groups is 1. The molecule has 0 radical (unpaired) electrons. The van der Waals surface area contributed by atoms with Crippen LogP contribution in [0.25, 0.3) is 6.08 Å². The summed E-state index contributed by atoms with van der Waals surface area (Å²) in [5, 5.41) is 10.1. The van der Waals surface area contributed by atoms with E-state index in [4.69, 9.17) is 9.47 Å². The van der Waals surface area contributed by atoms with Crippen LogP contribution in [-0.4, -0.2) is 30.9 Å². The van der Waals surface area contributed by atoms with E-state index in [1.807, 2.05) is 37.4 Å². The van der Waals surface area contributed by atoms with Gasteiger partial charge in [0.2, 0.25) is 0 Å². The largest absolute Gasteiger partial charge is 0.507 e. The Kier molecular flexibility index (Phi) is 6.32. The third-order valence-electron chi connectivity index (χ3n) is 3.38. The van der Waals surface area contributed by atoms with Crippen LogP contribution in [-0.2, 0) is 0 Å². The molecule has 24 heavy (non-hydrogen) atoms. The van der Waals surface area contributed by atoms with Gasteiger partial charge in [-0.2, -0.15) is 0 Å². The van der Waals surface area contributed by atoms with Crippen molar-refractivity contribution >= 4 is 23.6 Å². The van der Waals surface area contributed by atoms with Gasteiger partial charge in [-0.3, -0.25) is 4.79 Å². The van der Waals surface area contributed by atoms with Gasteiger partial charge in [0, 0.05) is 17.0 Å². The fourth-order valence-electron chi connectivity index (χ4n) is 2.21. The molecule has 0 saturated carbocycles. The summed E-state index contributed by atoms with van der Waals surface area (Å²) < 4.78 is 10.6. The van der Waals surface area contributed by atoms with Crippen molar-refractivity contribution in [2.24, 2.45) is 0 Å². The van der Waals surface area contributed by atoms with E-state index in [0.29, 0.717) is 12.4 Å². The van der Waals surface area contributed by atoms with Crippen molar-refractivity contribution in [3.05, 3.63) is 53.6 Å². The van der Waals surface area contributed by atoms with Crippen LogP contribution in [0, 0.1) is 0 Å². The van der Waals surface area contributed by atoms with Crippen molar-refractivity contribution in [3.8, 4) is 17.2 Å². The van der Waals surface area contributed by atoms with Crippen LogP contribution in [0.2, 0.25) is 0 Å². The molecule has 0 fully saturated rings. The maximum atomic E-state index is 12.4. The Hall–Kier alpha value is -2.40. The molecule has 0 aliphatic heterocycles. The predicted octanol–water partition coefficient (Wildman–Crippen LogP) is 4.42. The Morgan fingerprint density at radius 1 is 1.25 bits per heavy atom. The van der Waals surface area contributed by atoms with Gasteiger partial charge in [-0.05, 0) is 37.0 Å². The van der Waals surface area contributed by atoms with Crippen molar-refractivity contribution in [1.82, 2.24) is 0 Å². The summed E-state index contributed by atoms with van der Waals surface area (Å²) in [5.41, 5.74) is 1.03. The minimum Gasteiger partial charge on any atom is -0.507 e. The molecule has 2 aromatic rings. The standard InChI is InChI=1S/C19H20O4S/c1-4-23-14-11-17(21)19(18(12-14)22-2)16(20)10-7-13-5-8-15(24-3)9-6-13/h5-12,21H,4H2,1-3H3/b10-7+. The number of phenolic OH excluding ortho intramolecular Hbond substituents is 1. The zero-order valence-electron chi connectivity index (χ0n) is 13.9. The van der Waals surface area contributed by atoms with E-state index in [9.17, 15) is 9.90 Å².